The molecule has 0 aliphatic heterocycles. The van der Waals surface area contributed by atoms with Gasteiger partial charge in [-0.1, -0.05) is 23.7 Å². The van der Waals surface area contributed by atoms with E-state index in [4.69, 9.17) is 16.3 Å². The van der Waals surface area contributed by atoms with E-state index in [1.54, 1.807) is 11.3 Å². The van der Waals surface area contributed by atoms with Gasteiger partial charge in [-0.05, 0) is 48.6 Å². The van der Waals surface area contributed by atoms with Crippen LogP contribution in [0.3, 0.4) is 0 Å². The number of hydrogen-bond donors (Lipinski definition) is 1. The number of nitrogens with one attached hydrogen (secondary N) is 1. The van der Waals surface area contributed by atoms with Gasteiger partial charge in [-0.25, -0.2) is 0 Å². The minimum Gasteiger partial charge on any atom is -0.382 e. The first-order chi connectivity index (χ1) is 12.2. The first kappa shape index (κ1) is 18.0. The molecular weight excluding hydrogens is 356 g/mol. The lowest BCUT2D eigenvalue weighted by atomic mass is 10.2. The number of ether oxygens (including phenoxy) is 1. The van der Waals surface area contributed by atoms with Gasteiger partial charge in [-0.15, -0.1) is 11.3 Å². The van der Waals surface area contributed by atoms with Crippen LogP contribution in [0, 0.1) is 0 Å². The molecule has 0 atom stereocenters. The third-order valence-electron chi connectivity index (χ3n) is 3.96. The summed E-state index contributed by atoms with van der Waals surface area (Å²) in [7, 11) is 0. The van der Waals surface area contributed by atoms with Crippen LogP contribution in [0.25, 0.3) is 10.2 Å². The van der Waals surface area contributed by atoms with Gasteiger partial charge in [0.1, 0.15) is 5.69 Å². The van der Waals surface area contributed by atoms with Crippen LogP contribution in [0.2, 0.25) is 5.02 Å². The first-order valence-electron chi connectivity index (χ1n) is 8.36. The van der Waals surface area contributed by atoms with Crippen LogP contribution < -0.4 is 5.32 Å². The number of aromatic nitrogens is 1. The number of rotatable bonds is 8. The Hall–Kier alpha value is -1.82. The van der Waals surface area contributed by atoms with Gasteiger partial charge in [0.2, 0.25) is 0 Å². The predicted octanol–water partition coefficient (Wildman–Crippen LogP) is 4.56. The molecule has 1 N–H and O–H groups in total. The third-order valence-corrected chi connectivity index (χ3v) is 5.07. The zero-order chi connectivity index (χ0) is 17.6. The SMILES string of the molecule is CCOCCCNC(=O)c1cc2sccc2n1Cc1ccc(Cl)cc1. The zero-order valence-corrected chi connectivity index (χ0v) is 15.7. The van der Waals surface area contributed by atoms with Crippen LogP contribution >= 0.6 is 22.9 Å². The largest absolute Gasteiger partial charge is 0.382 e. The van der Waals surface area contributed by atoms with Crippen LogP contribution in [0.5, 0.6) is 0 Å². The molecular formula is C19H21ClN2O2S. The lowest BCUT2D eigenvalue weighted by Crippen LogP contribution is -2.27. The van der Waals surface area contributed by atoms with E-state index in [0.29, 0.717) is 37.0 Å². The number of thiophene rings is 1. The van der Waals surface area contributed by atoms with Gasteiger partial charge in [0, 0.05) is 31.3 Å². The normalized spacial score (nSPS) is 11.1. The highest BCUT2D eigenvalue weighted by molar-refractivity contribution is 7.17. The third kappa shape index (κ3) is 4.42. The topological polar surface area (TPSA) is 43.3 Å². The van der Waals surface area contributed by atoms with Gasteiger partial charge in [0.15, 0.2) is 0 Å². The summed E-state index contributed by atoms with van der Waals surface area (Å²) in [6.07, 6.45) is 0.811. The summed E-state index contributed by atoms with van der Waals surface area (Å²) in [5.74, 6) is -0.0474. The number of amides is 1. The molecule has 1 aromatic carbocycles. The molecule has 0 radical (unpaired) electrons. The molecule has 4 nitrogen and oxygen atoms in total. The van der Waals surface area contributed by atoms with E-state index < -0.39 is 0 Å². The van der Waals surface area contributed by atoms with Crippen LogP contribution in [-0.2, 0) is 11.3 Å². The van der Waals surface area contributed by atoms with E-state index in [1.807, 2.05) is 42.6 Å². The Labute approximate surface area is 156 Å². The summed E-state index contributed by atoms with van der Waals surface area (Å²) in [6.45, 7) is 4.58. The van der Waals surface area contributed by atoms with Crippen LogP contribution in [0.15, 0.2) is 41.8 Å². The molecule has 0 saturated carbocycles. The molecule has 1 amide bonds. The molecule has 0 fully saturated rings. The van der Waals surface area contributed by atoms with Crippen LogP contribution in [0.1, 0.15) is 29.4 Å². The quantitative estimate of drug-likeness (QED) is 0.585. The second-order valence-electron chi connectivity index (χ2n) is 5.72. The molecule has 0 bridgehead atoms. The Morgan fingerprint density at radius 1 is 1.28 bits per heavy atom. The van der Waals surface area contributed by atoms with Crippen molar-refractivity contribution < 1.29 is 9.53 Å². The Morgan fingerprint density at radius 2 is 2.08 bits per heavy atom. The summed E-state index contributed by atoms with van der Waals surface area (Å²) in [5, 5.41) is 5.75. The van der Waals surface area contributed by atoms with Crippen molar-refractivity contribution in [1.29, 1.82) is 0 Å². The van der Waals surface area contributed by atoms with E-state index in [1.165, 1.54) is 0 Å². The summed E-state index contributed by atoms with van der Waals surface area (Å²) in [6, 6.07) is 11.8. The van der Waals surface area contributed by atoms with Crippen molar-refractivity contribution in [2.24, 2.45) is 0 Å². The van der Waals surface area contributed by atoms with Crippen LogP contribution in [-0.4, -0.2) is 30.2 Å². The van der Waals surface area contributed by atoms with E-state index in [2.05, 4.69) is 16.0 Å². The van der Waals surface area contributed by atoms with Gasteiger partial charge in [0.25, 0.3) is 5.91 Å². The van der Waals surface area contributed by atoms with E-state index in [-0.39, 0.29) is 5.91 Å². The maximum atomic E-state index is 12.6. The van der Waals surface area contributed by atoms with Crippen molar-refractivity contribution in [3.05, 3.63) is 58.1 Å². The highest BCUT2D eigenvalue weighted by Gasteiger charge is 2.16. The number of halogens is 1. The smallest absolute Gasteiger partial charge is 0.267 e. The molecule has 0 unspecified atom stereocenters. The molecule has 3 rings (SSSR count). The summed E-state index contributed by atoms with van der Waals surface area (Å²) in [4.78, 5) is 12.6. The number of fused-ring (bicyclic) bond motifs is 1. The Bertz CT molecular complexity index is 839. The number of hydrogen-bond acceptors (Lipinski definition) is 3. The summed E-state index contributed by atoms with van der Waals surface area (Å²) >= 11 is 7.61. The predicted molar refractivity (Wildman–Crippen MR) is 104 cm³/mol. The second-order valence-corrected chi connectivity index (χ2v) is 7.10. The van der Waals surface area contributed by atoms with E-state index in [0.717, 1.165) is 22.2 Å². The Kier molecular flexibility index (Phi) is 6.13. The summed E-state index contributed by atoms with van der Waals surface area (Å²) in [5.41, 5.74) is 2.88. The molecule has 0 spiro atoms. The monoisotopic (exact) mass is 376 g/mol. The average molecular weight is 377 g/mol. The highest BCUT2D eigenvalue weighted by Crippen LogP contribution is 2.26. The Balaban J connectivity index is 1.76. The maximum Gasteiger partial charge on any atom is 0.267 e. The van der Waals surface area contributed by atoms with Crippen molar-refractivity contribution in [3.8, 4) is 0 Å². The minimum absolute atomic E-state index is 0.0474. The first-order valence-corrected chi connectivity index (χ1v) is 9.62. The maximum absolute atomic E-state index is 12.6. The van der Waals surface area contributed by atoms with Gasteiger partial charge >= 0.3 is 0 Å². The second kappa shape index (κ2) is 8.52. The fourth-order valence-corrected chi connectivity index (χ4v) is 3.67. The number of carbonyl (C=O) groups is 1. The van der Waals surface area contributed by atoms with Crippen molar-refractivity contribution >= 4 is 39.1 Å². The number of carbonyl (C=O) groups excluding carboxylic acids is 1. The van der Waals surface area contributed by atoms with E-state index in [9.17, 15) is 4.79 Å². The fraction of sp³-hybridized carbons (Fsp3) is 0.316. The molecule has 0 saturated heterocycles. The minimum atomic E-state index is -0.0474. The molecule has 2 aromatic heterocycles. The standard InChI is InChI=1S/C19H21ClN2O2S/c1-2-24-10-3-9-21-19(23)17-12-18-16(8-11-25-18)22(17)13-14-4-6-15(20)7-5-14/h4-8,11-12H,2-3,9-10,13H2,1H3,(H,21,23). The van der Waals surface area contributed by atoms with Gasteiger partial charge in [-0.3, -0.25) is 4.79 Å². The molecule has 6 heteroatoms. The number of nitrogens with zero attached hydrogens (tertiary/aromatic N) is 1. The summed E-state index contributed by atoms with van der Waals surface area (Å²) < 4.78 is 8.48. The average Bonchev–Trinajstić information content (AvgIpc) is 3.19. The van der Waals surface area contributed by atoms with Crippen molar-refractivity contribution in [1.82, 2.24) is 9.88 Å². The van der Waals surface area contributed by atoms with Gasteiger partial charge in [-0.2, -0.15) is 0 Å². The lowest BCUT2D eigenvalue weighted by Gasteiger charge is -2.11. The zero-order valence-electron chi connectivity index (χ0n) is 14.1. The molecule has 0 aliphatic rings. The molecule has 0 aliphatic carbocycles. The molecule has 3 aromatic rings. The highest BCUT2D eigenvalue weighted by atomic mass is 35.5. The molecule has 2 heterocycles. The van der Waals surface area contributed by atoms with Crippen LogP contribution in [0.4, 0.5) is 0 Å². The van der Waals surface area contributed by atoms with Gasteiger partial charge in [0.05, 0.1) is 10.2 Å². The molecule has 25 heavy (non-hydrogen) atoms. The fourth-order valence-electron chi connectivity index (χ4n) is 2.72. The molecule has 132 valence electrons. The van der Waals surface area contributed by atoms with Crippen molar-refractivity contribution in [3.63, 3.8) is 0 Å². The van der Waals surface area contributed by atoms with Crippen molar-refractivity contribution in [2.75, 3.05) is 19.8 Å². The Morgan fingerprint density at radius 3 is 2.84 bits per heavy atom. The van der Waals surface area contributed by atoms with E-state index >= 15 is 0 Å². The lowest BCUT2D eigenvalue weighted by molar-refractivity contribution is 0.0936. The number of benzene rings is 1. The van der Waals surface area contributed by atoms with Crippen molar-refractivity contribution in [2.45, 2.75) is 19.9 Å². The van der Waals surface area contributed by atoms with Gasteiger partial charge < -0.3 is 14.6 Å².